The lowest BCUT2D eigenvalue weighted by Gasteiger charge is -1.97. The van der Waals surface area contributed by atoms with Crippen LogP contribution in [0.5, 0.6) is 0 Å². The summed E-state index contributed by atoms with van der Waals surface area (Å²) in [6.07, 6.45) is 2.95. The number of amidine groups is 1. The van der Waals surface area contributed by atoms with E-state index in [1.807, 2.05) is 6.07 Å². The number of nitrogens with two attached hydrogens (primary N) is 4. The molecule has 8 N–H and O–H groups in total. The first-order chi connectivity index (χ1) is 9.56. The van der Waals surface area contributed by atoms with Crippen molar-refractivity contribution in [1.29, 1.82) is 5.26 Å². The predicted molar refractivity (Wildman–Crippen MR) is 76.9 cm³/mol. The molecule has 0 spiro atoms. The van der Waals surface area contributed by atoms with Crippen LogP contribution in [-0.2, 0) is 0 Å². The van der Waals surface area contributed by atoms with E-state index in [0.717, 1.165) is 0 Å². The number of hydrogen-bond acceptors (Lipinski definition) is 7. The maximum atomic E-state index is 8.30. The van der Waals surface area contributed by atoms with Gasteiger partial charge in [0, 0.05) is 18.0 Å². The Morgan fingerprint density at radius 1 is 1.05 bits per heavy atom. The molecule has 0 aliphatic rings. The molecule has 2 aromatic heterocycles. The van der Waals surface area contributed by atoms with Crippen molar-refractivity contribution in [2.75, 3.05) is 11.5 Å². The van der Waals surface area contributed by atoms with Gasteiger partial charge in [0.2, 0.25) is 0 Å². The van der Waals surface area contributed by atoms with E-state index in [0.29, 0.717) is 22.8 Å². The van der Waals surface area contributed by atoms with Crippen molar-refractivity contribution in [2.45, 2.75) is 0 Å². The molecule has 2 heterocycles. The van der Waals surface area contributed by atoms with Gasteiger partial charge in [-0.1, -0.05) is 0 Å². The van der Waals surface area contributed by atoms with Crippen molar-refractivity contribution in [1.82, 2.24) is 9.97 Å². The van der Waals surface area contributed by atoms with Crippen LogP contribution in [0.15, 0.2) is 41.8 Å². The highest BCUT2D eigenvalue weighted by atomic mass is 15.2. The molecule has 0 bridgehead atoms. The van der Waals surface area contributed by atoms with E-state index >= 15 is 0 Å². The molecule has 0 amide bonds. The third-order valence-electron chi connectivity index (χ3n) is 2.14. The molecule has 0 saturated carbocycles. The van der Waals surface area contributed by atoms with Crippen LogP contribution in [0.25, 0.3) is 0 Å². The fourth-order valence-electron chi connectivity index (χ4n) is 1.10. The second-order valence-electron chi connectivity index (χ2n) is 3.57. The van der Waals surface area contributed by atoms with Gasteiger partial charge >= 0.3 is 0 Å². The summed E-state index contributed by atoms with van der Waals surface area (Å²) in [6.45, 7) is 0. The van der Waals surface area contributed by atoms with E-state index in [2.05, 4.69) is 15.1 Å². The van der Waals surface area contributed by atoms with E-state index < -0.39 is 0 Å². The number of nitriles is 1. The smallest absolute Gasteiger partial charge is 0.151 e. The minimum atomic E-state index is 0.248. The molecule has 0 unspecified atom stereocenters. The summed E-state index contributed by atoms with van der Waals surface area (Å²) in [7, 11) is 0. The molecule has 0 aliphatic carbocycles. The van der Waals surface area contributed by atoms with Gasteiger partial charge in [-0.05, 0) is 24.3 Å². The molecule has 20 heavy (non-hydrogen) atoms. The molecule has 0 saturated heterocycles. The molecular formula is C12H14N8. The minimum absolute atomic E-state index is 0.248. The van der Waals surface area contributed by atoms with Gasteiger partial charge in [0.1, 0.15) is 17.7 Å². The van der Waals surface area contributed by atoms with Gasteiger partial charge in [0.15, 0.2) is 5.84 Å². The molecule has 8 nitrogen and oxygen atoms in total. The highest BCUT2D eigenvalue weighted by Crippen LogP contribution is 1.99. The predicted octanol–water partition coefficient (Wildman–Crippen LogP) is -0.222. The summed E-state index contributed by atoms with van der Waals surface area (Å²) >= 11 is 0. The standard InChI is InChI=1S/C6H9N5.C6H5N3/c7-5-2-1-4(3-10-5)6(8)11-9;7-3-5-1-2-6(8)9-4-5/h1-3H,9H2,(H2,7,10)(H2,8,11);1-2,4H,(H2,8,9). The summed E-state index contributed by atoms with van der Waals surface area (Å²) in [5, 5.41) is 11.6. The van der Waals surface area contributed by atoms with Crippen molar-refractivity contribution in [3.63, 3.8) is 0 Å². The zero-order valence-electron chi connectivity index (χ0n) is 10.6. The molecule has 2 aromatic rings. The topological polar surface area (TPSA) is 166 Å². The van der Waals surface area contributed by atoms with Crippen LogP contribution < -0.4 is 23.0 Å². The molecule has 0 fully saturated rings. The molecule has 0 aromatic carbocycles. The molecule has 0 radical (unpaired) electrons. The largest absolute Gasteiger partial charge is 0.384 e. The van der Waals surface area contributed by atoms with Crippen LogP contribution in [0, 0.1) is 11.3 Å². The second-order valence-corrected chi connectivity index (χ2v) is 3.57. The fourth-order valence-corrected chi connectivity index (χ4v) is 1.10. The molecular weight excluding hydrogens is 256 g/mol. The van der Waals surface area contributed by atoms with Gasteiger partial charge in [-0.15, -0.1) is 0 Å². The average Bonchev–Trinajstić information content (AvgIpc) is 2.49. The van der Waals surface area contributed by atoms with Gasteiger partial charge in [0.25, 0.3) is 0 Å². The Balaban J connectivity index is 0.000000204. The maximum absolute atomic E-state index is 8.30. The van der Waals surface area contributed by atoms with Crippen molar-refractivity contribution in [3.05, 3.63) is 47.8 Å². The Morgan fingerprint density at radius 2 is 1.65 bits per heavy atom. The van der Waals surface area contributed by atoms with Crippen molar-refractivity contribution < 1.29 is 0 Å². The Hall–Kier alpha value is -3.34. The average molecular weight is 270 g/mol. The maximum Gasteiger partial charge on any atom is 0.151 e. The second kappa shape index (κ2) is 7.17. The third-order valence-corrected chi connectivity index (χ3v) is 2.14. The third kappa shape index (κ3) is 4.50. The van der Waals surface area contributed by atoms with Crippen LogP contribution in [0.2, 0.25) is 0 Å². The number of nitrogen functional groups attached to an aromatic ring is 2. The Morgan fingerprint density at radius 3 is 2.05 bits per heavy atom. The summed E-state index contributed by atoms with van der Waals surface area (Å²) in [5.41, 5.74) is 17.2. The molecule has 2 rings (SSSR count). The van der Waals surface area contributed by atoms with E-state index in [4.69, 9.17) is 28.3 Å². The first kappa shape index (κ1) is 14.7. The van der Waals surface area contributed by atoms with Crippen LogP contribution in [0.3, 0.4) is 0 Å². The van der Waals surface area contributed by atoms with Crippen molar-refractivity contribution >= 4 is 17.5 Å². The molecule has 0 aliphatic heterocycles. The Labute approximate surface area is 115 Å². The first-order valence-electron chi connectivity index (χ1n) is 5.43. The lowest BCUT2D eigenvalue weighted by atomic mass is 10.2. The summed E-state index contributed by atoms with van der Waals surface area (Å²) in [5.74, 6) is 6.08. The van der Waals surface area contributed by atoms with Gasteiger partial charge < -0.3 is 23.0 Å². The Kier molecular flexibility index (Phi) is 5.28. The number of hydrogen-bond donors (Lipinski definition) is 4. The molecule has 0 atom stereocenters. The summed E-state index contributed by atoms with van der Waals surface area (Å²) in [6, 6.07) is 8.49. The SMILES string of the molecule is N#Cc1ccc(N)nc1.NN=C(N)c1ccc(N)nc1. The van der Waals surface area contributed by atoms with Gasteiger partial charge in [-0.3, -0.25) is 0 Å². The quantitative estimate of drug-likeness (QED) is 0.240. The zero-order chi connectivity index (χ0) is 15.0. The van der Waals surface area contributed by atoms with E-state index in [1.54, 1.807) is 24.3 Å². The monoisotopic (exact) mass is 270 g/mol. The number of aromatic nitrogens is 2. The highest BCUT2D eigenvalue weighted by Gasteiger charge is 1.96. The van der Waals surface area contributed by atoms with Gasteiger partial charge in [-0.25, -0.2) is 9.97 Å². The fraction of sp³-hybridized carbons (Fsp3) is 0. The number of pyridine rings is 2. The molecule has 8 heteroatoms. The first-order valence-corrected chi connectivity index (χ1v) is 5.43. The molecule has 102 valence electrons. The van der Waals surface area contributed by atoms with E-state index in [9.17, 15) is 0 Å². The lowest BCUT2D eigenvalue weighted by molar-refractivity contribution is 1.22. The van der Waals surface area contributed by atoms with Crippen molar-refractivity contribution in [2.24, 2.45) is 16.7 Å². The minimum Gasteiger partial charge on any atom is -0.384 e. The summed E-state index contributed by atoms with van der Waals surface area (Å²) < 4.78 is 0. The van der Waals surface area contributed by atoms with Gasteiger partial charge in [0.05, 0.1) is 5.56 Å². The van der Waals surface area contributed by atoms with Crippen LogP contribution in [-0.4, -0.2) is 15.8 Å². The van der Waals surface area contributed by atoms with Crippen molar-refractivity contribution in [3.8, 4) is 6.07 Å². The lowest BCUT2D eigenvalue weighted by Crippen LogP contribution is -2.15. The number of anilines is 2. The van der Waals surface area contributed by atoms with Crippen LogP contribution >= 0.6 is 0 Å². The number of nitrogens with zero attached hydrogens (tertiary/aromatic N) is 4. The number of hydrazone groups is 1. The highest BCUT2D eigenvalue weighted by molar-refractivity contribution is 5.97. The number of rotatable bonds is 1. The summed E-state index contributed by atoms with van der Waals surface area (Å²) in [4.78, 5) is 7.51. The Bertz CT molecular complexity index is 609. The zero-order valence-corrected chi connectivity index (χ0v) is 10.6. The van der Waals surface area contributed by atoms with E-state index in [1.165, 1.54) is 12.4 Å². The van der Waals surface area contributed by atoms with Gasteiger partial charge in [-0.2, -0.15) is 10.4 Å². The van der Waals surface area contributed by atoms with Crippen LogP contribution in [0.4, 0.5) is 11.6 Å². The van der Waals surface area contributed by atoms with Crippen LogP contribution in [0.1, 0.15) is 11.1 Å². The normalized spacial score (nSPS) is 10.1. The van der Waals surface area contributed by atoms with E-state index in [-0.39, 0.29) is 5.84 Å².